The average Bonchev–Trinajstić information content (AvgIpc) is 2.47. The second kappa shape index (κ2) is 5.92. The molecule has 0 unspecified atom stereocenters. The zero-order valence-corrected chi connectivity index (χ0v) is 11.1. The minimum Gasteiger partial charge on any atom is -0.497 e. The molecule has 0 amide bonds. The van der Waals surface area contributed by atoms with Crippen molar-refractivity contribution in [2.75, 3.05) is 19.5 Å². The van der Waals surface area contributed by atoms with Crippen LogP contribution in [0.15, 0.2) is 42.5 Å². The van der Waals surface area contributed by atoms with Crippen LogP contribution in [-0.4, -0.2) is 19.1 Å². The van der Waals surface area contributed by atoms with Crippen molar-refractivity contribution in [3.63, 3.8) is 0 Å². The van der Waals surface area contributed by atoms with Gasteiger partial charge in [-0.3, -0.25) is 10.1 Å². The molecule has 1 N–H and O–H groups in total. The van der Waals surface area contributed by atoms with E-state index in [-0.39, 0.29) is 11.4 Å². The van der Waals surface area contributed by atoms with E-state index in [9.17, 15) is 10.1 Å². The third-order valence-corrected chi connectivity index (χ3v) is 2.77. The van der Waals surface area contributed by atoms with Crippen molar-refractivity contribution in [3.05, 3.63) is 52.6 Å². The van der Waals surface area contributed by atoms with Crippen molar-refractivity contribution < 1.29 is 14.4 Å². The molecule has 2 aromatic rings. The van der Waals surface area contributed by atoms with Crippen LogP contribution < -0.4 is 14.8 Å². The number of hydrogen-bond acceptors (Lipinski definition) is 5. The first-order valence-corrected chi connectivity index (χ1v) is 5.88. The number of benzene rings is 2. The number of para-hydroxylation sites is 1. The molecule has 0 aliphatic rings. The van der Waals surface area contributed by atoms with E-state index >= 15 is 0 Å². The van der Waals surface area contributed by atoms with Gasteiger partial charge in [0, 0.05) is 5.69 Å². The van der Waals surface area contributed by atoms with Gasteiger partial charge in [-0.2, -0.15) is 0 Å². The van der Waals surface area contributed by atoms with Gasteiger partial charge in [-0.1, -0.05) is 6.07 Å². The summed E-state index contributed by atoms with van der Waals surface area (Å²) >= 11 is 0. The number of nitro groups is 1. The number of nitro benzene ring substituents is 1. The minimum atomic E-state index is -0.468. The Morgan fingerprint density at radius 1 is 1.05 bits per heavy atom. The van der Waals surface area contributed by atoms with Gasteiger partial charge >= 0.3 is 5.69 Å². The van der Waals surface area contributed by atoms with E-state index in [1.807, 2.05) is 0 Å². The molecule has 2 aromatic carbocycles. The van der Waals surface area contributed by atoms with Crippen molar-refractivity contribution >= 4 is 17.1 Å². The first-order valence-electron chi connectivity index (χ1n) is 5.88. The Morgan fingerprint density at radius 3 is 2.30 bits per heavy atom. The maximum absolute atomic E-state index is 11.2. The van der Waals surface area contributed by atoms with Gasteiger partial charge in [0.25, 0.3) is 0 Å². The topological polar surface area (TPSA) is 73.6 Å². The van der Waals surface area contributed by atoms with E-state index in [4.69, 9.17) is 9.47 Å². The number of rotatable bonds is 5. The van der Waals surface area contributed by atoms with Crippen LogP contribution in [0.5, 0.6) is 11.5 Å². The highest BCUT2D eigenvalue weighted by atomic mass is 16.6. The lowest BCUT2D eigenvalue weighted by Gasteiger charge is -2.10. The molecule has 20 heavy (non-hydrogen) atoms. The van der Waals surface area contributed by atoms with Gasteiger partial charge in [0.1, 0.15) is 11.4 Å². The summed E-state index contributed by atoms with van der Waals surface area (Å²) in [5.74, 6) is 0.934. The number of ether oxygens (including phenoxy) is 2. The zero-order valence-electron chi connectivity index (χ0n) is 11.1. The van der Waals surface area contributed by atoms with Crippen LogP contribution in [-0.2, 0) is 0 Å². The Morgan fingerprint density at radius 2 is 1.75 bits per heavy atom. The summed E-state index contributed by atoms with van der Waals surface area (Å²) in [7, 11) is 2.98. The fourth-order valence-electron chi connectivity index (χ4n) is 1.81. The van der Waals surface area contributed by atoms with Crippen molar-refractivity contribution in [2.45, 2.75) is 0 Å². The molecule has 0 aromatic heterocycles. The van der Waals surface area contributed by atoms with Crippen molar-refractivity contribution in [3.8, 4) is 11.5 Å². The van der Waals surface area contributed by atoms with E-state index in [2.05, 4.69) is 5.32 Å². The largest absolute Gasteiger partial charge is 0.497 e. The van der Waals surface area contributed by atoms with Gasteiger partial charge in [0.15, 0.2) is 5.75 Å². The summed E-state index contributed by atoms with van der Waals surface area (Å²) in [5, 5.41) is 14.2. The summed E-state index contributed by atoms with van der Waals surface area (Å²) in [6.45, 7) is 0. The Hall–Kier alpha value is -2.76. The first kappa shape index (κ1) is 13.7. The van der Waals surface area contributed by atoms with Crippen molar-refractivity contribution in [2.24, 2.45) is 0 Å². The molecule has 6 heteroatoms. The van der Waals surface area contributed by atoms with Crippen LogP contribution in [0, 0.1) is 10.1 Å². The van der Waals surface area contributed by atoms with Crippen LogP contribution in [0.1, 0.15) is 0 Å². The molecule has 0 radical (unpaired) electrons. The molecule has 0 saturated carbocycles. The van der Waals surface area contributed by atoms with Crippen LogP contribution in [0.2, 0.25) is 0 Å². The quantitative estimate of drug-likeness (QED) is 0.668. The molecule has 0 aliphatic heterocycles. The second-order valence-electron chi connectivity index (χ2n) is 3.97. The lowest BCUT2D eigenvalue weighted by molar-refractivity contribution is -0.384. The Kier molecular flexibility index (Phi) is 4.05. The zero-order chi connectivity index (χ0) is 14.5. The highest BCUT2D eigenvalue weighted by Gasteiger charge is 2.20. The molecular weight excluding hydrogens is 260 g/mol. The van der Waals surface area contributed by atoms with Gasteiger partial charge in [-0.15, -0.1) is 0 Å². The third kappa shape index (κ3) is 2.80. The van der Waals surface area contributed by atoms with E-state index < -0.39 is 4.92 Å². The predicted molar refractivity (Wildman–Crippen MR) is 75.9 cm³/mol. The number of nitrogens with zero attached hydrogens (tertiary/aromatic N) is 1. The first-order chi connectivity index (χ1) is 9.65. The van der Waals surface area contributed by atoms with E-state index in [1.54, 1.807) is 49.6 Å². The second-order valence-corrected chi connectivity index (χ2v) is 3.97. The van der Waals surface area contributed by atoms with Gasteiger partial charge in [0.2, 0.25) is 0 Å². The molecule has 0 heterocycles. The van der Waals surface area contributed by atoms with Crippen LogP contribution in [0.3, 0.4) is 0 Å². The van der Waals surface area contributed by atoms with Gasteiger partial charge in [-0.05, 0) is 36.4 Å². The molecule has 0 fully saturated rings. The number of hydrogen-bond donors (Lipinski definition) is 1. The maximum atomic E-state index is 11.2. The monoisotopic (exact) mass is 274 g/mol. The fourth-order valence-corrected chi connectivity index (χ4v) is 1.81. The molecule has 104 valence electrons. The lowest BCUT2D eigenvalue weighted by atomic mass is 10.2. The van der Waals surface area contributed by atoms with Crippen LogP contribution >= 0.6 is 0 Å². The Balaban J connectivity index is 2.34. The number of anilines is 2. The molecule has 0 aliphatic carbocycles. The predicted octanol–water partition coefficient (Wildman–Crippen LogP) is 3.36. The molecule has 0 atom stereocenters. The van der Waals surface area contributed by atoms with Crippen LogP contribution in [0.4, 0.5) is 17.1 Å². The maximum Gasteiger partial charge on any atom is 0.334 e. The van der Waals surface area contributed by atoms with E-state index in [1.165, 1.54) is 7.11 Å². The highest BCUT2D eigenvalue weighted by Crippen LogP contribution is 2.36. The van der Waals surface area contributed by atoms with Crippen molar-refractivity contribution in [1.82, 2.24) is 0 Å². The Labute approximate surface area is 116 Å². The smallest absolute Gasteiger partial charge is 0.334 e. The number of nitrogens with one attached hydrogen (secondary N) is 1. The lowest BCUT2D eigenvalue weighted by Crippen LogP contribution is -1.99. The third-order valence-electron chi connectivity index (χ3n) is 2.77. The summed E-state index contributed by atoms with van der Waals surface area (Å²) < 4.78 is 10.1. The van der Waals surface area contributed by atoms with Gasteiger partial charge in [-0.25, -0.2) is 0 Å². The summed E-state index contributed by atoms with van der Waals surface area (Å²) in [4.78, 5) is 10.7. The summed E-state index contributed by atoms with van der Waals surface area (Å²) in [5.41, 5.74) is 1.01. The molecule has 6 nitrogen and oxygen atoms in total. The van der Waals surface area contributed by atoms with Crippen LogP contribution in [0.25, 0.3) is 0 Å². The van der Waals surface area contributed by atoms with Crippen molar-refractivity contribution in [1.29, 1.82) is 0 Å². The standard InChI is InChI=1S/C14H14N2O4/c1-19-11-8-6-10(7-9-11)15-12-4-3-5-13(20-2)14(12)16(17)18/h3-9,15H,1-2H3. The normalized spacial score (nSPS) is 9.90. The van der Waals surface area contributed by atoms with E-state index in [0.29, 0.717) is 5.69 Å². The minimum absolute atomic E-state index is 0.0918. The average molecular weight is 274 g/mol. The van der Waals surface area contributed by atoms with Gasteiger partial charge in [0.05, 0.1) is 19.1 Å². The van der Waals surface area contributed by atoms with Gasteiger partial charge < -0.3 is 14.8 Å². The highest BCUT2D eigenvalue weighted by molar-refractivity contribution is 5.74. The molecule has 0 bridgehead atoms. The Bertz CT molecular complexity index is 611. The molecular formula is C14H14N2O4. The summed E-state index contributed by atoms with van der Waals surface area (Å²) in [6.07, 6.45) is 0. The SMILES string of the molecule is COc1ccc(Nc2cccc(OC)c2[N+](=O)[O-])cc1. The molecule has 2 rings (SSSR count). The van der Waals surface area contributed by atoms with E-state index in [0.717, 1.165) is 11.4 Å². The molecule has 0 saturated heterocycles. The fraction of sp³-hybridized carbons (Fsp3) is 0.143. The molecule has 0 spiro atoms. The summed E-state index contributed by atoms with van der Waals surface area (Å²) in [6, 6.07) is 12.0. The number of methoxy groups -OCH3 is 2.